The molecule has 1 N–H and O–H groups in total. The van der Waals surface area contributed by atoms with Crippen molar-refractivity contribution >= 4 is 11.9 Å². The zero-order valence-corrected chi connectivity index (χ0v) is 13.0. The molecule has 0 amide bonds. The fourth-order valence-corrected chi connectivity index (χ4v) is 2.21. The molecule has 0 radical (unpaired) electrons. The van der Waals surface area contributed by atoms with Crippen molar-refractivity contribution in [2.24, 2.45) is 0 Å². The van der Waals surface area contributed by atoms with Crippen LogP contribution in [0.4, 0.5) is 0 Å². The molecule has 4 heteroatoms. The van der Waals surface area contributed by atoms with Gasteiger partial charge < -0.3 is 9.84 Å². The standard InChI is InChI=1S/C16H30O4/c1-3-4-5-6-7-8-9-10-11-12-13-14(2)20-16(19)15(17)18/h14H,3-13H2,1-2H3,(H,17,18). The SMILES string of the molecule is CCCCCCCCCCCCC(C)OC(=O)C(=O)O. The fourth-order valence-electron chi connectivity index (χ4n) is 2.21. The highest BCUT2D eigenvalue weighted by Crippen LogP contribution is 2.12. The summed E-state index contributed by atoms with van der Waals surface area (Å²) < 4.78 is 4.76. The largest absolute Gasteiger partial charge is 0.473 e. The first-order valence-corrected chi connectivity index (χ1v) is 8.01. The van der Waals surface area contributed by atoms with Crippen LogP contribution in [0.25, 0.3) is 0 Å². The van der Waals surface area contributed by atoms with Crippen LogP contribution in [0.3, 0.4) is 0 Å². The van der Waals surface area contributed by atoms with Gasteiger partial charge in [-0.1, -0.05) is 64.7 Å². The molecule has 1 atom stereocenters. The molecular formula is C16H30O4. The molecule has 0 fully saturated rings. The second-order valence-corrected chi connectivity index (χ2v) is 5.49. The molecule has 1 unspecified atom stereocenters. The van der Waals surface area contributed by atoms with E-state index in [2.05, 4.69) is 6.92 Å². The van der Waals surface area contributed by atoms with Gasteiger partial charge in [-0.15, -0.1) is 0 Å². The number of unbranched alkanes of at least 4 members (excludes halogenated alkanes) is 9. The third-order valence-electron chi connectivity index (χ3n) is 3.45. The van der Waals surface area contributed by atoms with E-state index in [1.165, 1.54) is 51.4 Å². The minimum atomic E-state index is -1.51. The van der Waals surface area contributed by atoms with Crippen LogP contribution in [-0.4, -0.2) is 23.1 Å². The van der Waals surface area contributed by atoms with Gasteiger partial charge in [0, 0.05) is 0 Å². The van der Waals surface area contributed by atoms with Gasteiger partial charge in [0.2, 0.25) is 0 Å². The van der Waals surface area contributed by atoms with Gasteiger partial charge in [0.1, 0.15) is 0 Å². The van der Waals surface area contributed by atoms with E-state index in [0.29, 0.717) is 0 Å². The number of rotatable bonds is 12. The number of hydrogen-bond donors (Lipinski definition) is 1. The van der Waals surface area contributed by atoms with Crippen molar-refractivity contribution in [1.29, 1.82) is 0 Å². The summed E-state index contributed by atoms with van der Waals surface area (Å²) in [6, 6.07) is 0. The minimum absolute atomic E-state index is 0.298. The smallest absolute Gasteiger partial charge is 0.417 e. The van der Waals surface area contributed by atoms with Gasteiger partial charge >= 0.3 is 11.9 Å². The Morgan fingerprint density at radius 3 is 1.80 bits per heavy atom. The minimum Gasteiger partial charge on any atom is -0.473 e. The quantitative estimate of drug-likeness (QED) is 0.330. The zero-order valence-electron chi connectivity index (χ0n) is 13.0. The molecule has 0 saturated heterocycles. The van der Waals surface area contributed by atoms with E-state index >= 15 is 0 Å². The van der Waals surface area contributed by atoms with E-state index in [0.717, 1.165) is 19.3 Å². The summed E-state index contributed by atoms with van der Waals surface area (Å²) in [6.07, 6.45) is 13.1. The summed E-state index contributed by atoms with van der Waals surface area (Å²) in [6.45, 7) is 3.98. The number of aliphatic carboxylic acids is 1. The summed E-state index contributed by atoms with van der Waals surface area (Å²) in [4.78, 5) is 21.1. The molecule has 0 spiro atoms. The number of carboxylic acid groups (broad SMARTS) is 1. The van der Waals surface area contributed by atoms with E-state index in [-0.39, 0.29) is 6.10 Å². The van der Waals surface area contributed by atoms with Crippen molar-refractivity contribution in [3.8, 4) is 0 Å². The van der Waals surface area contributed by atoms with Crippen LogP contribution in [-0.2, 0) is 14.3 Å². The Bertz CT molecular complexity index is 263. The number of hydrogen-bond acceptors (Lipinski definition) is 3. The van der Waals surface area contributed by atoms with Crippen LogP contribution in [0.2, 0.25) is 0 Å². The Hall–Kier alpha value is -1.06. The predicted molar refractivity (Wildman–Crippen MR) is 79.7 cm³/mol. The molecule has 0 bridgehead atoms. The first kappa shape index (κ1) is 18.9. The van der Waals surface area contributed by atoms with Crippen LogP contribution in [0.5, 0.6) is 0 Å². The number of carbonyl (C=O) groups excluding carboxylic acids is 1. The molecule has 0 aromatic carbocycles. The number of esters is 1. The number of carboxylic acids is 1. The number of ether oxygens (including phenoxy) is 1. The Balaban J connectivity index is 3.27. The van der Waals surface area contributed by atoms with Crippen molar-refractivity contribution in [1.82, 2.24) is 0 Å². The van der Waals surface area contributed by atoms with Crippen molar-refractivity contribution in [3.05, 3.63) is 0 Å². The van der Waals surface area contributed by atoms with Gasteiger partial charge in [-0.05, 0) is 19.8 Å². The number of carbonyl (C=O) groups is 2. The van der Waals surface area contributed by atoms with E-state index in [1.807, 2.05) is 0 Å². The molecule has 20 heavy (non-hydrogen) atoms. The third kappa shape index (κ3) is 12.0. The van der Waals surface area contributed by atoms with Crippen LogP contribution in [0.1, 0.15) is 84.5 Å². The molecule has 118 valence electrons. The summed E-state index contributed by atoms with van der Waals surface area (Å²) in [5.74, 6) is -2.66. The van der Waals surface area contributed by atoms with E-state index in [4.69, 9.17) is 9.84 Å². The van der Waals surface area contributed by atoms with Crippen molar-refractivity contribution < 1.29 is 19.4 Å². The molecule has 0 aliphatic heterocycles. The summed E-state index contributed by atoms with van der Waals surface area (Å²) in [7, 11) is 0. The maximum absolute atomic E-state index is 10.8. The van der Waals surface area contributed by atoms with Crippen LogP contribution in [0.15, 0.2) is 0 Å². The second kappa shape index (κ2) is 12.9. The fraction of sp³-hybridized carbons (Fsp3) is 0.875. The third-order valence-corrected chi connectivity index (χ3v) is 3.45. The Kier molecular flexibility index (Phi) is 12.3. The molecule has 0 aliphatic rings. The molecular weight excluding hydrogens is 256 g/mol. The summed E-state index contributed by atoms with van der Waals surface area (Å²) in [5.41, 5.74) is 0. The summed E-state index contributed by atoms with van der Waals surface area (Å²) in [5, 5.41) is 8.40. The van der Waals surface area contributed by atoms with Gasteiger partial charge in [0.25, 0.3) is 0 Å². The Morgan fingerprint density at radius 2 is 1.35 bits per heavy atom. The van der Waals surface area contributed by atoms with E-state index < -0.39 is 11.9 Å². The normalized spacial score (nSPS) is 12.1. The van der Waals surface area contributed by atoms with Gasteiger partial charge in [-0.25, -0.2) is 9.59 Å². The molecule has 0 aromatic rings. The molecule has 0 rings (SSSR count). The van der Waals surface area contributed by atoms with Crippen molar-refractivity contribution in [2.45, 2.75) is 90.6 Å². The summed E-state index contributed by atoms with van der Waals surface area (Å²) >= 11 is 0. The first-order valence-electron chi connectivity index (χ1n) is 8.01. The maximum atomic E-state index is 10.8. The monoisotopic (exact) mass is 286 g/mol. The lowest BCUT2D eigenvalue weighted by Gasteiger charge is -2.11. The van der Waals surface area contributed by atoms with E-state index in [1.54, 1.807) is 6.92 Å². The lowest BCUT2D eigenvalue weighted by molar-refractivity contribution is -0.167. The Morgan fingerprint density at radius 1 is 0.900 bits per heavy atom. The highest BCUT2D eigenvalue weighted by molar-refractivity contribution is 6.28. The van der Waals surface area contributed by atoms with Crippen molar-refractivity contribution in [3.63, 3.8) is 0 Å². The predicted octanol–water partition coefficient (Wildman–Crippen LogP) is 4.31. The van der Waals surface area contributed by atoms with E-state index in [9.17, 15) is 9.59 Å². The van der Waals surface area contributed by atoms with Crippen LogP contribution in [0, 0.1) is 0 Å². The maximum Gasteiger partial charge on any atom is 0.417 e. The van der Waals surface area contributed by atoms with Crippen molar-refractivity contribution in [2.75, 3.05) is 0 Å². The lowest BCUT2D eigenvalue weighted by atomic mass is 10.0. The van der Waals surface area contributed by atoms with Crippen LogP contribution < -0.4 is 0 Å². The topological polar surface area (TPSA) is 63.6 Å². The highest BCUT2D eigenvalue weighted by atomic mass is 16.6. The lowest BCUT2D eigenvalue weighted by Crippen LogP contribution is -2.22. The average molecular weight is 286 g/mol. The zero-order chi connectivity index (χ0) is 15.2. The van der Waals surface area contributed by atoms with Crippen LogP contribution >= 0.6 is 0 Å². The molecule has 0 heterocycles. The van der Waals surface area contributed by atoms with Gasteiger partial charge in [-0.2, -0.15) is 0 Å². The molecule has 4 nitrogen and oxygen atoms in total. The molecule has 0 saturated carbocycles. The molecule has 0 aromatic heterocycles. The molecule has 0 aliphatic carbocycles. The first-order chi connectivity index (χ1) is 9.57. The van der Waals surface area contributed by atoms with Gasteiger partial charge in [0.05, 0.1) is 6.10 Å². The average Bonchev–Trinajstić information content (AvgIpc) is 2.40. The van der Waals surface area contributed by atoms with Gasteiger partial charge in [-0.3, -0.25) is 0 Å². The highest BCUT2D eigenvalue weighted by Gasteiger charge is 2.16. The van der Waals surface area contributed by atoms with Gasteiger partial charge in [0.15, 0.2) is 0 Å². The second-order valence-electron chi connectivity index (χ2n) is 5.49. The Labute approximate surface area is 122 Å².